The van der Waals surface area contributed by atoms with Crippen molar-refractivity contribution >= 4 is 11.8 Å². The van der Waals surface area contributed by atoms with E-state index in [0.717, 1.165) is 80.7 Å². The molecule has 2 aromatic rings. The molecule has 176 valence electrons. The summed E-state index contributed by atoms with van der Waals surface area (Å²) in [6.07, 6.45) is 9.47. The second-order valence-corrected chi connectivity index (χ2v) is 10.5. The quantitative estimate of drug-likeness (QED) is 0.772. The summed E-state index contributed by atoms with van der Waals surface area (Å²) in [7, 11) is 0. The normalized spacial score (nSPS) is 23.4. The van der Waals surface area contributed by atoms with Gasteiger partial charge in [0, 0.05) is 37.7 Å². The van der Waals surface area contributed by atoms with Crippen molar-refractivity contribution in [3.8, 4) is 0 Å². The first-order chi connectivity index (χ1) is 15.9. The van der Waals surface area contributed by atoms with Crippen molar-refractivity contribution in [1.82, 2.24) is 25.0 Å². The Balaban J connectivity index is 1.26. The molecule has 1 saturated carbocycles. The van der Waals surface area contributed by atoms with Crippen molar-refractivity contribution in [2.24, 2.45) is 5.41 Å². The Morgan fingerprint density at radius 1 is 0.970 bits per heavy atom. The van der Waals surface area contributed by atoms with Gasteiger partial charge in [-0.15, -0.1) is 10.2 Å². The van der Waals surface area contributed by atoms with Gasteiger partial charge < -0.3 is 14.8 Å². The Bertz CT molecular complexity index is 1030. The van der Waals surface area contributed by atoms with E-state index in [2.05, 4.69) is 21.6 Å². The molecule has 33 heavy (non-hydrogen) atoms. The molecule has 1 aliphatic carbocycles. The number of hydrogen-bond donors (Lipinski definition) is 1. The molecule has 2 fully saturated rings. The average molecular weight is 450 g/mol. The van der Waals surface area contributed by atoms with E-state index in [-0.39, 0.29) is 23.3 Å². The van der Waals surface area contributed by atoms with Crippen molar-refractivity contribution in [2.75, 3.05) is 13.1 Å². The summed E-state index contributed by atoms with van der Waals surface area (Å²) < 4.78 is 2.03. The minimum atomic E-state index is -0.0883. The Kier molecular flexibility index (Phi) is 5.97. The molecule has 1 N–H and O–H groups in total. The highest BCUT2D eigenvalue weighted by Crippen LogP contribution is 2.41. The number of carbonyl (C=O) groups excluding carboxylic acids is 2. The molecule has 3 heterocycles. The SMILES string of the molecule is Cc1cc(C)cc(C(=O)N2CC[C@]3(CCc4nnc(C(=O)NC5CCCCC5)n4CC3)C2)c1. The zero-order chi connectivity index (χ0) is 23.0. The lowest BCUT2D eigenvalue weighted by atomic mass is 9.80. The van der Waals surface area contributed by atoms with Crippen LogP contribution in [0.3, 0.4) is 0 Å². The standard InChI is InChI=1S/C26H35N5O2/c1-18-14-19(2)16-20(15-18)25(33)30-12-10-26(17-30)9-8-22-28-29-23(31(22)13-11-26)24(32)27-21-6-4-3-5-7-21/h14-16,21H,3-13,17H2,1-2H3,(H,27,32)/t26-/m0/s1. The van der Waals surface area contributed by atoms with E-state index in [1.165, 1.54) is 19.3 Å². The van der Waals surface area contributed by atoms with Gasteiger partial charge in [-0.1, -0.05) is 36.5 Å². The van der Waals surface area contributed by atoms with Crippen LogP contribution in [0.25, 0.3) is 0 Å². The Hall–Kier alpha value is -2.70. The highest BCUT2D eigenvalue weighted by Gasteiger charge is 2.42. The van der Waals surface area contributed by atoms with Crippen LogP contribution in [0, 0.1) is 19.3 Å². The predicted molar refractivity (Wildman–Crippen MR) is 126 cm³/mol. The van der Waals surface area contributed by atoms with Crippen LogP contribution in [0.4, 0.5) is 0 Å². The van der Waals surface area contributed by atoms with Gasteiger partial charge in [0.1, 0.15) is 5.82 Å². The van der Waals surface area contributed by atoms with Crippen LogP contribution in [0.2, 0.25) is 0 Å². The van der Waals surface area contributed by atoms with Crippen molar-refractivity contribution < 1.29 is 9.59 Å². The molecule has 1 aromatic carbocycles. The van der Waals surface area contributed by atoms with Crippen molar-refractivity contribution in [1.29, 1.82) is 0 Å². The number of amides is 2. The van der Waals surface area contributed by atoms with Crippen molar-refractivity contribution in [3.63, 3.8) is 0 Å². The van der Waals surface area contributed by atoms with Gasteiger partial charge >= 0.3 is 0 Å². The van der Waals surface area contributed by atoms with Gasteiger partial charge in [0.15, 0.2) is 0 Å². The zero-order valence-corrected chi connectivity index (χ0v) is 19.9. The minimum absolute atomic E-state index is 0.0883. The first-order valence-corrected chi connectivity index (χ1v) is 12.5. The fourth-order valence-electron chi connectivity index (χ4n) is 6.07. The maximum Gasteiger partial charge on any atom is 0.289 e. The van der Waals surface area contributed by atoms with Gasteiger partial charge in [0.25, 0.3) is 11.8 Å². The van der Waals surface area contributed by atoms with E-state index >= 15 is 0 Å². The first kappa shape index (κ1) is 22.1. The van der Waals surface area contributed by atoms with E-state index < -0.39 is 0 Å². The third-order valence-corrected chi connectivity index (χ3v) is 7.91. The van der Waals surface area contributed by atoms with E-state index in [4.69, 9.17) is 0 Å². The number of aromatic nitrogens is 3. The Morgan fingerprint density at radius 3 is 2.45 bits per heavy atom. The van der Waals surface area contributed by atoms with Gasteiger partial charge in [0.05, 0.1) is 0 Å². The lowest BCUT2D eigenvalue weighted by Crippen LogP contribution is -2.37. The summed E-state index contributed by atoms with van der Waals surface area (Å²) in [5.74, 6) is 1.40. The number of aryl methyl sites for hydroxylation is 3. The number of nitrogens with one attached hydrogen (secondary N) is 1. The molecule has 1 atom stereocenters. The van der Waals surface area contributed by atoms with Gasteiger partial charge in [0.2, 0.25) is 5.82 Å². The summed E-state index contributed by atoms with van der Waals surface area (Å²) in [6.45, 7) is 6.39. The molecule has 1 aromatic heterocycles. The molecule has 0 radical (unpaired) electrons. The van der Waals surface area contributed by atoms with Gasteiger partial charge in [-0.3, -0.25) is 9.59 Å². The maximum absolute atomic E-state index is 13.2. The molecule has 0 bridgehead atoms. The predicted octanol–water partition coefficient (Wildman–Crippen LogP) is 3.83. The second-order valence-electron chi connectivity index (χ2n) is 10.5. The molecule has 5 rings (SSSR count). The topological polar surface area (TPSA) is 80.1 Å². The first-order valence-electron chi connectivity index (χ1n) is 12.5. The molecule has 3 aliphatic rings. The highest BCUT2D eigenvalue weighted by atomic mass is 16.2. The van der Waals surface area contributed by atoms with E-state index in [1.54, 1.807) is 0 Å². The van der Waals surface area contributed by atoms with Crippen LogP contribution in [-0.4, -0.2) is 50.6 Å². The van der Waals surface area contributed by atoms with Crippen LogP contribution in [0.1, 0.15) is 89.3 Å². The average Bonchev–Trinajstić information content (AvgIpc) is 3.36. The molecule has 7 heteroatoms. The number of nitrogens with zero attached hydrogens (tertiary/aromatic N) is 4. The van der Waals surface area contributed by atoms with Gasteiger partial charge in [-0.25, -0.2) is 0 Å². The summed E-state index contributed by atoms with van der Waals surface area (Å²) in [5, 5.41) is 11.8. The van der Waals surface area contributed by atoms with E-state index in [1.807, 2.05) is 35.4 Å². The minimum Gasteiger partial charge on any atom is -0.347 e. The fourth-order valence-corrected chi connectivity index (χ4v) is 6.07. The lowest BCUT2D eigenvalue weighted by Gasteiger charge is -2.27. The number of likely N-dealkylation sites (tertiary alicyclic amines) is 1. The Morgan fingerprint density at radius 2 is 1.70 bits per heavy atom. The largest absolute Gasteiger partial charge is 0.347 e. The third kappa shape index (κ3) is 4.55. The molecular weight excluding hydrogens is 414 g/mol. The number of rotatable bonds is 3. The van der Waals surface area contributed by atoms with Crippen LogP contribution in [0.5, 0.6) is 0 Å². The zero-order valence-electron chi connectivity index (χ0n) is 19.9. The number of hydrogen-bond acceptors (Lipinski definition) is 4. The Labute approximate surface area is 195 Å². The summed E-state index contributed by atoms with van der Waals surface area (Å²) >= 11 is 0. The number of fused-ring (bicyclic) bond motifs is 1. The van der Waals surface area contributed by atoms with Crippen LogP contribution >= 0.6 is 0 Å². The molecule has 7 nitrogen and oxygen atoms in total. The van der Waals surface area contributed by atoms with Gasteiger partial charge in [-0.05, 0) is 63.5 Å². The van der Waals surface area contributed by atoms with Crippen LogP contribution in [0.15, 0.2) is 18.2 Å². The molecule has 2 amide bonds. The van der Waals surface area contributed by atoms with Crippen molar-refractivity contribution in [2.45, 2.75) is 84.2 Å². The molecule has 1 spiro atoms. The van der Waals surface area contributed by atoms with Gasteiger partial charge in [-0.2, -0.15) is 0 Å². The smallest absolute Gasteiger partial charge is 0.289 e. The third-order valence-electron chi connectivity index (χ3n) is 7.91. The monoisotopic (exact) mass is 449 g/mol. The summed E-state index contributed by atoms with van der Waals surface area (Å²) in [6, 6.07) is 6.35. The lowest BCUT2D eigenvalue weighted by molar-refractivity contribution is 0.0767. The van der Waals surface area contributed by atoms with Crippen molar-refractivity contribution in [3.05, 3.63) is 46.5 Å². The number of carbonyl (C=O) groups is 2. The summed E-state index contributed by atoms with van der Waals surface area (Å²) in [4.78, 5) is 28.2. The number of benzene rings is 1. The van der Waals surface area contributed by atoms with E-state index in [0.29, 0.717) is 5.82 Å². The second kappa shape index (κ2) is 8.92. The highest BCUT2D eigenvalue weighted by molar-refractivity contribution is 5.95. The van der Waals surface area contributed by atoms with Crippen LogP contribution < -0.4 is 5.32 Å². The molecule has 0 unspecified atom stereocenters. The van der Waals surface area contributed by atoms with Crippen LogP contribution in [-0.2, 0) is 13.0 Å². The summed E-state index contributed by atoms with van der Waals surface area (Å²) in [5.41, 5.74) is 3.13. The molecular formula is C26H35N5O2. The molecule has 1 saturated heterocycles. The fraction of sp³-hybridized carbons (Fsp3) is 0.615. The van der Waals surface area contributed by atoms with E-state index in [9.17, 15) is 9.59 Å². The maximum atomic E-state index is 13.2. The molecule has 2 aliphatic heterocycles.